The van der Waals surface area contributed by atoms with Gasteiger partial charge in [0, 0.05) is 17.1 Å². The van der Waals surface area contributed by atoms with E-state index in [-0.39, 0.29) is 12.2 Å². The molecule has 7 nitrogen and oxygen atoms in total. The van der Waals surface area contributed by atoms with Crippen molar-refractivity contribution in [2.45, 2.75) is 33.7 Å². The molecule has 5 rings (SSSR count). The summed E-state index contributed by atoms with van der Waals surface area (Å²) < 4.78 is 15.8. The summed E-state index contributed by atoms with van der Waals surface area (Å²) in [5.41, 5.74) is 5.52. The van der Waals surface area contributed by atoms with E-state index in [0.717, 1.165) is 32.7 Å². The first-order chi connectivity index (χ1) is 18.7. The van der Waals surface area contributed by atoms with E-state index in [1.165, 1.54) is 11.3 Å². The molecular formula is C30H28BrN3O4S. The molecular weight excluding hydrogens is 578 g/mol. The Labute approximate surface area is 238 Å². The van der Waals surface area contributed by atoms with Crippen LogP contribution < -0.4 is 19.6 Å². The second-order valence-electron chi connectivity index (χ2n) is 9.19. The normalized spacial score (nSPS) is 15.2. The zero-order valence-corrected chi connectivity index (χ0v) is 24.7. The molecule has 0 saturated carbocycles. The molecule has 1 aliphatic heterocycles. The van der Waals surface area contributed by atoms with Crippen LogP contribution in [0.3, 0.4) is 0 Å². The maximum atomic E-state index is 14.0. The zero-order valence-electron chi connectivity index (χ0n) is 22.3. The van der Waals surface area contributed by atoms with Gasteiger partial charge in [0.25, 0.3) is 5.56 Å². The fraction of sp³-hybridized carbons (Fsp3) is 0.233. The number of hydrogen-bond acceptors (Lipinski definition) is 6. The Bertz CT molecular complexity index is 1800. The minimum absolute atomic E-state index is 0.213. The molecule has 0 N–H and O–H groups in total. The van der Waals surface area contributed by atoms with Crippen molar-refractivity contribution in [2.24, 2.45) is 4.99 Å². The van der Waals surface area contributed by atoms with Crippen LogP contribution in [0.15, 0.2) is 80.1 Å². The smallest absolute Gasteiger partial charge is 0.338 e. The van der Waals surface area contributed by atoms with Crippen LogP contribution in [0.1, 0.15) is 42.4 Å². The minimum atomic E-state index is -0.693. The van der Waals surface area contributed by atoms with Gasteiger partial charge in [-0.15, -0.1) is 0 Å². The van der Waals surface area contributed by atoms with E-state index >= 15 is 0 Å². The second-order valence-corrected chi connectivity index (χ2v) is 11.1. The number of thiazole rings is 1. The summed E-state index contributed by atoms with van der Waals surface area (Å²) in [6, 6.07) is 17.0. The number of allylic oxidation sites excluding steroid dienone is 1. The summed E-state index contributed by atoms with van der Waals surface area (Å²) in [7, 11) is 1.59. The van der Waals surface area contributed by atoms with Crippen LogP contribution in [0.4, 0.5) is 0 Å². The van der Waals surface area contributed by atoms with E-state index in [9.17, 15) is 9.59 Å². The molecule has 200 valence electrons. The van der Waals surface area contributed by atoms with Crippen LogP contribution in [0, 0.1) is 13.8 Å². The van der Waals surface area contributed by atoms with Gasteiger partial charge in [0.2, 0.25) is 0 Å². The Hall–Kier alpha value is -3.69. The standard InChI is InChI=1S/C30H28BrN3O4S/c1-6-38-29(36)26-18(3)32-30-34(27(26)20-12-13-24(37-5)23(31)15-20)28(35)25(39-30)16-21-14-17(2)33(19(21)4)22-10-8-7-9-11-22/h7-16,27H,6H2,1-5H3/b25-16+/t27-/m1/s1. The minimum Gasteiger partial charge on any atom is -0.496 e. The molecule has 39 heavy (non-hydrogen) atoms. The summed E-state index contributed by atoms with van der Waals surface area (Å²) in [6.45, 7) is 7.85. The van der Waals surface area contributed by atoms with Crippen molar-refractivity contribution in [3.05, 3.63) is 113 Å². The first-order valence-corrected chi connectivity index (χ1v) is 14.1. The third-order valence-electron chi connectivity index (χ3n) is 6.78. The van der Waals surface area contributed by atoms with Crippen molar-refractivity contribution in [3.63, 3.8) is 0 Å². The molecule has 0 radical (unpaired) electrons. The Kier molecular flexibility index (Phi) is 7.46. The number of hydrogen-bond donors (Lipinski definition) is 0. The molecule has 1 aliphatic rings. The number of rotatable bonds is 6. The largest absolute Gasteiger partial charge is 0.496 e. The molecule has 0 aliphatic carbocycles. The van der Waals surface area contributed by atoms with Crippen molar-refractivity contribution in [1.82, 2.24) is 9.13 Å². The molecule has 0 spiro atoms. The summed E-state index contributed by atoms with van der Waals surface area (Å²) in [5.74, 6) is 0.162. The number of benzene rings is 2. The molecule has 0 amide bonds. The van der Waals surface area contributed by atoms with Crippen molar-refractivity contribution in [2.75, 3.05) is 13.7 Å². The number of ether oxygens (including phenoxy) is 2. The van der Waals surface area contributed by atoms with E-state index in [2.05, 4.69) is 50.6 Å². The van der Waals surface area contributed by atoms with Crippen LogP contribution in [-0.4, -0.2) is 28.8 Å². The number of aromatic nitrogens is 2. The summed E-state index contributed by atoms with van der Waals surface area (Å²) in [6.07, 6.45) is 1.91. The van der Waals surface area contributed by atoms with Gasteiger partial charge in [0.05, 0.1) is 40.0 Å². The number of nitrogens with zero attached hydrogens (tertiary/aromatic N) is 3. The molecule has 1 atom stereocenters. The summed E-state index contributed by atoms with van der Waals surface area (Å²) in [5, 5.41) is 0. The summed E-state index contributed by atoms with van der Waals surface area (Å²) in [4.78, 5) is 32.3. The Balaban J connectivity index is 1.71. The first-order valence-electron chi connectivity index (χ1n) is 12.5. The van der Waals surface area contributed by atoms with E-state index in [1.54, 1.807) is 25.5 Å². The summed E-state index contributed by atoms with van der Waals surface area (Å²) >= 11 is 4.86. The number of aryl methyl sites for hydroxylation is 1. The van der Waals surface area contributed by atoms with Crippen LogP contribution in [-0.2, 0) is 9.53 Å². The van der Waals surface area contributed by atoms with Gasteiger partial charge in [-0.3, -0.25) is 9.36 Å². The third kappa shape index (κ3) is 4.81. The van der Waals surface area contributed by atoms with Gasteiger partial charge in [0.15, 0.2) is 4.80 Å². The van der Waals surface area contributed by atoms with Crippen LogP contribution in [0.5, 0.6) is 5.75 Å². The van der Waals surface area contributed by atoms with E-state index in [0.29, 0.717) is 26.4 Å². The topological polar surface area (TPSA) is 74.8 Å². The van der Waals surface area contributed by atoms with Crippen molar-refractivity contribution < 1.29 is 14.3 Å². The average Bonchev–Trinajstić information content (AvgIpc) is 3.37. The number of fused-ring (bicyclic) bond motifs is 1. The number of carbonyl (C=O) groups is 1. The number of methoxy groups -OCH3 is 1. The highest BCUT2D eigenvalue weighted by atomic mass is 79.9. The van der Waals surface area contributed by atoms with Crippen molar-refractivity contribution >= 4 is 39.3 Å². The molecule has 0 unspecified atom stereocenters. The molecule has 0 saturated heterocycles. The van der Waals surface area contributed by atoms with Gasteiger partial charge in [-0.2, -0.15) is 0 Å². The predicted molar refractivity (Wildman–Crippen MR) is 156 cm³/mol. The monoisotopic (exact) mass is 605 g/mol. The van der Waals surface area contributed by atoms with Crippen LogP contribution in [0.2, 0.25) is 0 Å². The lowest BCUT2D eigenvalue weighted by Crippen LogP contribution is -2.40. The van der Waals surface area contributed by atoms with Crippen LogP contribution >= 0.6 is 27.3 Å². The molecule has 2 aromatic heterocycles. The average molecular weight is 607 g/mol. The number of para-hydroxylation sites is 1. The molecule has 2 aromatic carbocycles. The second kappa shape index (κ2) is 10.8. The first kappa shape index (κ1) is 26.9. The van der Waals surface area contributed by atoms with E-state index in [4.69, 9.17) is 9.47 Å². The lowest BCUT2D eigenvalue weighted by atomic mass is 9.96. The Morgan fingerprint density at radius 3 is 2.54 bits per heavy atom. The predicted octanol–water partition coefficient (Wildman–Crippen LogP) is 4.98. The third-order valence-corrected chi connectivity index (χ3v) is 8.38. The van der Waals surface area contributed by atoms with Gasteiger partial charge >= 0.3 is 5.97 Å². The SMILES string of the molecule is CCOC(=O)C1=C(C)N=c2s/c(=C/c3cc(C)n(-c4ccccc4)c3C)c(=O)n2[C@@H]1c1ccc(OC)c(Br)c1. The highest BCUT2D eigenvalue weighted by Crippen LogP contribution is 2.35. The lowest BCUT2D eigenvalue weighted by molar-refractivity contribution is -0.139. The Morgan fingerprint density at radius 1 is 1.13 bits per heavy atom. The van der Waals surface area contributed by atoms with Gasteiger partial charge in [-0.05, 0) is 91.2 Å². The number of halogens is 1. The zero-order chi connectivity index (χ0) is 27.8. The van der Waals surface area contributed by atoms with Gasteiger partial charge in [-0.1, -0.05) is 35.6 Å². The molecule has 0 fully saturated rings. The van der Waals surface area contributed by atoms with Gasteiger partial charge < -0.3 is 14.0 Å². The van der Waals surface area contributed by atoms with Crippen molar-refractivity contribution in [3.8, 4) is 11.4 Å². The van der Waals surface area contributed by atoms with Crippen LogP contribution in [0.25, 0.3) is 11.8 Å². The maximum absolute atomic E-state index is 14.0. The van der Waals surface area contributed by atoms with Gasteiger partial charge in [0.1, 0.15) is 5.75 Å². The molecule has 4 aromatic rings. The lowest BCUT2D eigenvalue weighted by Gasteiger charge is -2.25. The van der Waals surface area contributed by atoms with E-state index in [1.807, 2.05) is 49.4 Å². The van der Waals surface area contributed by atoms with Crippen molar-refractivity contribution in [1.29, 1.82) is 0 Å². The molecule has 3 heterocycles. The van der Waals surface area contributed by atoms with Gasteiger partial charge in [-0.25, -0.2) is 9.79 Å². The number of esters is 1. The highest BCUT2D eigenvalue weighted by Gasteiger charge is 2.33. The quantitative estimate of drug-likeness (QED) is 0.291. The fourth-order valence-corrected chi connectivity index (χ4v) is 6.60. The Morgan fingerprint density at radius 2 is 1.87 bits per heavy atom. The number of carbonyl (C=O) groups excluding carboxylic acids is 1. The highest BCUT2D eigenvalue weighted by molar-refractivity contribution is 9.10. The maximum Gasteiger partial charge on any atom is 0.338 e. The fourth-order valence-electron chi connectivity index (χ4n) is 5.01. The molecule has 9 heteroatoms. The van der Waals surface area contributed by atoms with E-state index < -0.39 is 12.0 Å². The molecule has 0 bridgehead atoms.